The summed E-state index contributed by atoms with van der Waals surface area (Å²) < 4.78 is 56.2. The first-order valence-corrected chi connectivity index (χ1v) is 5.51. The predicted octanol–water partition coefficient (Wildman–Crippen LogP) is 3.03. The fourth-order valence-corrected chi connectivity index (χ4v) is 1.57. The number of carbonyl (C=O) groups is 1. The average Bonchev–Trinajstić information content (AvgIpc) is 2.36. The molecule has 3 nitrogen and oxygen atoms in total. The van der Waals surface area contributed by atoms with E-state index in [0.29, 0.717) is 0 Å². The van der Waals surface area contributed by atoms with E-state index in [-0.39, 0.29) is 19.0 Å². The summed E-state index contributed by atoms with van der Waals surface area (Å²) in [7, 11) is 0. The molecular weight excluding hydrogens is 302 g/mol. The smallest absolute Gasteiger partial charge is 0.416 e. The van der Waals surface area contributed by atoms with Crippen molar-refractivity contribution in [1.29, 1.82) is 0 Å². The Labute approximate surface area is 119 Å². The monoisotopic (exact) mass is 315 g/mol. The number of carbonyl (C=O) groups excluding carboxylic acids is 1. The lowest BCUT2D eigenvalue weighted by atomic mass is 9.97. The fraction of sp³-hybridized carbons (Fsp3) is 0.417. The first-order valence-electron chi connectivity index (χ1n) is 5.51. The van der Waals surface area contributed by atoms with Crippen LogP contribution in [0.2, 0.25) is 0 Å². The molecule has 0 spiro atoms. The van der Waals surface area contributed by atoms with E-state index in [2.05, 4.69) is 4.74 Å². The highest BCUT2D eigenvalue weighted by Gasteiger charge is 2.37. The van der Waals surface area contributed by atoms with Crippen LogP contribution in [0.5, 0.6) is 0 Å². The van der Waals surface area contributed by atoms with Crippen LogP contribution in [0.15, 0.2) is 24.3 Å². The Bertz CT molecular complexity index is 453. The summed E-state index contributed by atoms with van der Waals surface area (Å²) in [6.07, 6.45) is -7.01. The van der Waals surface area contributed by atoms with Crippen LogP contribution in [-0.2, 0) is 15.7 Å². The van der Waals surface area contributed by atoms with E-state index in [1.807, 2.05) is 0 Å². The molecule has 20 heavy (non-hydrogen) atoms. The molecular formula is C12H14ClF4NO2. The van der Waals surface area contributed by atoms with Gasteiger partial charge in [0.15, 0.2) is 0 Å². The summed E-state index contributed by atoms with van der Waals surface area (Å²) in [4.78, 5) is 11.2. The van der Waals surface area contributed by atoms with Gasteiger partial charge in [0.1, 0.15) is 0 Å². The third kappa shape index (κ3) is 4.35. The Hall–Kier alpha value is -1.34. The summed E-state index contributed by atoms with van der Waals surface area (Å²) in [5.74, 6) is -1.27. The highest BCUT2D eigenvalue weighted by Crippen LogP contribution is 2.35. The van der Waals surface area contributed by atoms with Gasteiger partial charge in [-0.2, -0.15) is 13.2 Å². The molecule has 1 aromatic carbocycles. The van der Waals surface area contributed by atoms with Crippen molar-refractivity contribution >= 4 is 18.4 Å². The van der Waals surface area contributed by atoms with Crippen LogP contribution in [0.3, 0.4) is 0 Å². The van der Waals surface area contributed by atoms with Crippen LogP contribution in [0.4, 0.5) is 17.6 Å². The van der Waals surface area contributed by atoms with E-state index < -0.39 is 35.5 Å². The van der Waals surface area contributed by atoms with Crippen molar-refractivity contribution < 1.29 is 27.1 Å². The molecule has 0 amide bonds. The standard InChI is InChI=1S/C12H13F4NO2.ClH/c1-2-19-11(18)9(13)10(17)7-5-3-4-6-8(7)12(14,15)16;/h3-6,9-10H,2,17H2,1H3;1H/t9?,10-;/m0./s1. The molecule has 0 saturated carbocycles. The number of nitrogens with two attached hydrogens (primary N) is 1. The van der Waals surface area contributed by atoms with Gasteiger partial charge in [0.2, 0.25) is 6.17 Å². The maximum atomic E-state index is 13.7. The lowest BCUT2D eigenvalue weighted by Gasteiger charge is -2.20. The summed E-state index contributed by atoms with van der Waals surface area (Å²) >= 11 is 0. The molecule has 0 aliphatic rings. The van der Waals surface area contributed by atoms with Crippen LogP contribution in [-0.4, -0.2) is 18.7 Å². The molecule has 1 rings (SSSR count). The quantitative estimate of drug-likeness (QED) is 0.686. The molecule has 0 aromatic heterocycles. The van der Waals surface area contributed by atoms with E-state index in [1.165, 1.54) is 13.0 Å². The molecule has 0 bridgehead atoms. The number of esters is 1. The molecule has 8 heteroatoms. The third-order valence-electron chi connectivity index (χ3n) is 2.45. The van der Waals surface area contributed by atoms with Crippen molar-refractivity contribution in [3.8, 4) is 0 Å². The molecule has 0 saturated heterocycles. The van der Waals surface area contributed by atoms with Crippen LogP contribution in [0.1, 0.15) is 24.1 Å². The SMILES string of the molecule is CCOC(=O)C(F)[C@@H](N)c1ccccc1C(F)(F)F.Cl. The van der Waals surface area contributed by atoms with E-state index in [0.717, 1.165) is 18.2 Å². The summed E-state index contributed by atoms with van der Waals surface area (Å²) in [6.45, 7) is 1.38. The van der Waals surface area contributed by atoms with E-state index in [1.54, 1.807) is 0 Å². The van der Waals surface area contributed by atoms with Gasteiger partial charge in [0, 0.05) is 0 Å². The molecule has 0 aliphatic carbocycles. The first-order chi connectivity index (χ1) is 8.79. The summed E-state index contributed by atoms with van der Waals surface area (Å²) in [6, 6.07) is 2.56. The molecule has 114 valence electrons. The van der Waals surface area contributed by atoms with Gasteiger partial charge in [-0.3, -0.25) is 0 Å². The van der Waals surface area contributed by atoms with Gasteiger partial charge in [-0.1, -0.05) is 18.2 Å². The van der Waals surface area contributed by atoms with Gasteiger partial charge in [-0.05, 0) is 18.6 Å². The zero-order valence-corrected chi connectivity index (χ0v) is 11.3. The molecule has 0 aliphatic heterocycles. The topological polar surface area (TPSA) is 52.3 Å². The van der Waals surface area contributed by atoms with Crippen molar-refractivity contribution in [3.63, 3.8) is 0 Å². The minimum Gasteiger partial charge on any atom is -0.464 e. The Morgan fingerprint density at radius 3 is 2.40 bits per heavy atom. The Kier molecular flexibility index (Phi) is 6.95. The van der Waals surface area contributed by atoms with E-state index >= 15 is 0 Å². The predicted molar refractivity (Wildman–Crippen MR) is 67.1 cm³/mol. The number of hydrogen-bond donors (Lipinski definition) is 1. The van der Waals surface area contributed by atoms with Crippen LogP contribution >= 0.6 is 12.4 Å². The van der Waals surface area contributed by atoms with Gasteiger partial charge in [-0.15, -0.1) is 12.4 Å². The van der Waals surface area contributed by atoms with Crippen LogP contribution in [0, 0.1) is 0 Å². The Morgan fingerprint density at radius 1 is 1.35 bits per heavy atom. The number of alkyl halides is 4. The minimum absolute atomic E-state index is 0. The van der Waals surface area contributed by atoms with Gasteiger partial charge in [-0.25, -0.2) is 9.18 Å². The number of rotatable bonds is 4. The molecule has 2 N–H and O–H groups in total. The number of benzene rings is 1. The second-order valence-corrected chi connectivity index (χ2v) is 3.76. The number of ether oxygens (including phenoxy) is 1. The zero-order chi connectivity index (χ0) is 14.6. The molecule has 0 fully saturated rings. The van der Waals surface area contributed by atoms with Crippen LogP contribution in [0.25, 0.3) is 0 Å². The van der Waals surface area contributed by atoms with Crippen molar-refractivity contribution in [2.24, 2.45) is 5.73 Å². The molecule has 0 radical (unpaired) electrons. The second kappa shape index (κ2) is 7.44. The highest BCUT2D eigenvalue weighted by atomic mass is 35.5. The Balaban J connectivity index is 0.00000361. The van der Waals surface area contributed by atoms with Crippen molar-refractivity contribution in [1.82, 2.24) is 0 Å². The maximum Gasteiger partial charge on any atom is 0.416 e. The average molecular weight is 316 g/mol. The molecule has 1 unspecified atom stereocenters. The highest BCUT2D eigenvalue weighted by molar-refractivity contribution is 5.85. The molecule has 2 atom stereocenters. The second-order valence-electron chi connectivity index (χ2n) is 3.76. The largest absolute Gasteiger partial charge is 0.464 e. The van der Waals surface area contributed by atoms with Gasteiger partial charge < -0.3 is 10.5 Å². The minimum atomic E-state index is -4.66. The normalized spacial score (nSPS) is 14.1. The zero-order valence-electron chi connectivity index (χ0n) is 10.5. The van der Waals surface area contributed by atoms with Crippen LogP contribution < -0.4 is 5.73 Å². The lowest BCUT2D eigenvalue weighted by molar-refractivity contribution is -0.150. The van der Waals surface area contributed by atoms with Gasteiger partial charge >= 0.3 is 12.1 Å². The number of hydrogen-bond acceptors (Lipinski definition) is 3. The lowest BCUT2D eigenvalue weighted by Crippen LogP contribution is -2.33. The summed E-state index contributed by atoms with van der Waals surface area (Å²) in [5.41, 5.74) is 3.85. The van der Waals surface area contributed by atoms with Crippen molar-refractivity contribution in [2.75, 3.05) is 6.61 Å². The fourth-order valence-electron chi connectivity index (χ4n) is 1.57. The first kappa shape index (κ1) is 18.7. The Morgan fingerprint density at radius 2 is 1.90 bits per heavy atom. The third-order valence-corrected chi connectivity index (χ3v) is 2.45. The maximum absolute atomic E-state index is 13.7. The molecule has 0 heterocycles. The molecule has 1 aromatic rings. The van der Waals surface area contributed by atoms with Gasteiger partial charge in [0.05, 0.1) is 18.2 Å². The summed E-state index contributed by atoms with van der Waals surface area (Å²) in [5, 5.41) is 0. The number of halogens is 5. The van der Waals surface area contributed by atoms with E-state index in [4.69, 9.17) is 5.73 Å². The van der Waals surface area contributed by atoms with Crippen molar-refractivity contribution in [2.45, 2.75) is 25.3 Å². The van der Waals surface area contributed by atoms with E-state index in [9.17, 15) is 22.4 Å². The van der Waals surface area contributed by atoms with Crippen molar-refractivity contribution in [3.05, 3.63) is 35.4 Å². The van der Waals surface area contributed by atoms with Gasteiger partial charge in [0.25, 0.3) is 0 Å².